The lowest BCUT2D eigenvalue weighted by Crippen LogP contribution is -2.51. The number of aryl methyl sites for hydroxylation is 2. The predicted molar refractivity (Wildman–Crippen MR) is 98.5 cm³/mol. The van der Waals surface area contributed by atoms with Gasteiger partial charge in [-0.1, -0.05) is 23.8 Å². The van der Waals surface area contributed by atoms with Crippen molar-refractivity contribution in [2.45, 2.75) is 45.4 Å². The van der Waals surface area contributed by atoms with Gasteiger partial charge in [-0.3, -0.25) is 9.89 Å². The fraction of sp³-hybridized carbons (Fsp3) is 0.632. The van der Waals surface area contributed by atoms with Crippen LogP contribution in [0.15, 0.2) is 23.2 Å². The molecule has 24 heavy (non-hydrogen) atoms. The van der Waals surface area contributed by atoms with Gasteiger partial charge >= 0.3 is 0 Å². The van der Waals surface area contributed by atoms with Crippen LogP contribution in [-0.2, 0) is 11.3 Å². The second-order valence-electron chi connectivity index (χ2n) is 6.98. The Balaban J connectivity index is 1.45. The van der Waals surface area contributed by atoms with Crippen LogP contribution in [0.5, 0.6) is 0 Å². The van der Waals surface area contributed by atoms with E-state index in [4.69, 9.17) is 4.74 Å². The highest BCUT2D eigenvalue weighted by Crippen LogP contribution is 2.22. The number of rotatable bonds is 4. The third kappa shape index (κ3) is 4.28. The Bertz CT molecular complexity index is 587. The van der Waals surface area contributed by atoms with Gasteiger partial charge in [-0.15, -0.1) is 0 Å². The topological polar surface area (TPSA) is 48.9 Å². The van der Waals surface area contributed by atoms with Crippen LogP contribution in [0.4, 0.5) is 0 Å². The minimum atomic E-state index is 0.249. The minimum absolute atomic E-state index is 0.249. The van der Waals surface area contributed by atoms with Crippen molar-refractivity contribution in [1.29, 1.82) is 0 Å². The maximum Gasteiger partial charge on any atom is 0.191 e. The first kappa shape index (κ1) is 17.2. The SMILES string of the molecule is CN=C(NCc1ccc(C)cc1C)NCC1CN2CCCC2CO1. The summed E-state index contributed by atoms with van der Waals surface area (Å²) in [6, 6.07) is 7.21. The lowest BCUT2D eigenvalue weighted by atomic mass is 10.1. The first-order chi connectivity index (χ1) is 11.7. The highest BCUT2D eigenvalue weighted by Gasteiger charge is 2.32. The van der Waals surface area contributed by atoms with Gasteiger partial charge in [0.2, 0.25) is 0 Å². The summed E-state index contributed by atoms with van der Waals surface area (Å²) in [5.41, 5.74) is 3.92. The van der Waals surface area contributed by atoms with E-state index >= 15 is 0 Å². The first-order valence-corrected chi connectivity index (χ1v) is 9.02. The smallest absolute Gasteiger partial charge is 0.191 e. The largest absolute Gasteiger partial charge is 0.373 e. The Hall–Kier alpha value is -1.59. The van der Waals surface area contributed by atoms with Crippen molar-refractivity contribution < 1.29 is 4.74 Å². The van der Waals surface area contributed by atoms with Crippen LogP contribution < -0.4 is 10.6 Å². The van der Waals surface area contributed by atoms with Gasteiger partial charge in [0.05, 0.1) is 12.7 Å². The molecule has 1 aromatic carbocycles. The molecule has 2 atom stereocenters. The lowest BCUT2D eigenvalue weighted by Gasteiger charge is -2.35. The Morgan fingerprint density at radius 2 is 2.21 bits per heavy atom. The number of guanidine groups is 1. The normalized spacial score (nSPS) is 24.7. The molecule has 0 bridgehead atoms. The average Bonchev–Trinajstić information content (AvgIpc) is 3.04. The van der Waals surface area contributed by atoms with Gasteiger partial charge in [0.15, 0.2) is 5.96 Å². The fourth-order valence-corrected chi connectivity index (χ4v) is 3.66. The number of aliphatic imine (C=N–C) groups is 1. The van der Waals surface area contributed by atoms with Crippen molar-refractivity contribution in [3.8, 4) is 0 Å². The van der Waals surface area contributed by atoms with Crippen molar-refractivity contribution in [2.75, 3.05) is 33.3 Å². The zero-order valence-corrected chi connectivity index (χ0v) is 15.1. The molecule has 2 aliphatic heterocycles. The minimum Gasteiger partial charge on any atom is -0.373 e. The highest BCUT2D eigenvalue weighted by molar-refractivity contribution is 5.79. The van der Waals surface area contributed by atoms with Crippen LogP contribution in [0, 0.1) is 13.8 Å². The van der Waals surface area contributed by atoms with Crippen LogP contribution in [-0.4, -0.2) is 56.3 Å². The van der Waals surface area contributed by atoms with Crippen LogP contribution in [0.25, 0.3) is 0 Å². The maximum absolute atomic E-state index is 5.99. The lowest BCUT2D eigenvalue weighted by molar-refractivity contribution is -0.0453. The third-order valence-electron chi connectivity index (χ3n) is 5.13. The summed E-state index contributed by atoms with van der Waals surface area (Å²) < 4.78 is 5.99. The van der Waals surface area contributed by atoms with Gasteiger partial charge in [0.1, 0.15) is 0 Å². The molecule has 0 radical (unpaired) electrons. The molecule has 0 spiro atoms. The van der Waals surface area contributed by atoms with Crippen LogP contribution >= 0.6 is 0 Å². The van der Waals surface area contributed by atoms with E-state index in [0.717, 1.165) is 32.2 Å². The molecular formula is C19H30N4O. The molecule has 2 aliphatic rings. The van der Waals surface area contributed by atoms with E-state index in [1.54, 1.807) is 0 Å². The summed E-state index contributed by atoms with van der Waals surface area (Å²) in [5, 5.41) is 6.81. The number of morpholine rings is 1. The summed E-state index contributed by atoms with van der Waals surface area (Å²) >= 11 is 0. The molecule has 0 aliphatic carbocycles. The molecule has 0 amide bonds. The molecule has 2 heterocycles. The maximum atomic E-state index is 5.99. The molecule has 2 unspecified atom stereocenters. The molecular weight excluding hydrogens is 300 g/mol. The van der Waals surface area contributed by atoms with Crippen molar-refractivity contribution >= 4 is 5.96 Å². The van der Waals surface area contributed by atoms with Gasteiger partial charge in [0, 0.05) is 32.7 Å². The summed E-state index contributed by atoms with van der Waals surface area (Å²) in [7, 11) is 1.82. The highest BCUT2D eigenvalue weighted by atomic mass is 16.5. The van der Waals surface area contributed by atoms with Gasteiger partial charge < -0.3 is 15.4 Å². The molecule has 2 saturated heterocycles. The predicted octanol–water partition coefficient (Wildman–Crippen LogP) is 1.83. The fourth-order valence-electron chi connectivity index (χ4n) is 3.66. The number of hydrogen-bond acceptors (Lipinski definition) is 3. The summed E-state index contributed by atoms with van der Waals surface area (Å²) in [5.74, 6) is 0.835. The molecule has 2 N–H and O–H groups in total. The van der Waals surface area contributed by atoms with Gasteiger partial charge in [0.25, 0.3) is 0 Å². The summed E-state index contributed by atoms with van der Waals surface area (Å²) in [4.78, 5) is 6.90. The molecule has 0 aromatic heterocycles. The van der Waals surface area contributed by atoms with E-state index < -0.39 is 0 Å². The molecule has 1 aromatic rings. The van der Waals surface area contributed by atoms with Crippen LogP contribution in [0.3, 0.4) is 0 Å². The zero-order valence-electron chi connectivity index (χ0n) is 15.1. The molecule has 3 rings (SSSR count). The van der Waals surface area contributed by atoms with Gasteiger partial charge in [-0.05, 0) is 44.4 Å². The number of ether oxygens (including phenoxy) is 1. The Labute approximate surface area is 145 Å². The Morgan fingerprint density at radius 3 is 3.00 bits per heavy atom. The van der Waals surface area contributed by atoms with Crippen molar-refractivity contribution in [3.63, 3.8) is 0 Å². The second kappa shape index (κ2) is 7.99. The third-order valence-corrected chi connectivity index (χ3v) is 5.13. The monoisotopic (exact) mass is 330 g/mol. The molecule has 5 heteroatoms. The first-order valence-electron chi connectivity index (χ1n) is 9.02. The number of fused-ring (bicyclic) bond motifs is 1. The number of hydrogen-bond donors (Lipinski definition) is 2. The van der Waals surface area contributed by atoms with E-state index in [1.165, 1.54) is 36.1 Å². The van der Waals surface area contributed by atoms with E-state index in [1.807, 2.05) is 7.05 Å². The number of nitrogens with one attached hydrogen (secondary N) is 2. The molecule has 2 fully saturated rings. The van der Waals surface area contributed by atoms with E-state index in [-0.39, 0.29) is 6.10 Å². The van der Waals surface area contributed by atoms with Gasteiger partial charge in [-0.2, -0.15) is 0 Å². The zero-order chi connectivity index (χ0) is 16.9. The van der Waals surface area contributed by atoms with Crippen molar-refractivity contribution in [2.24, 2.45) is 4.99 Å². The Kier molecular flexibility index (Phi) is 5.74. The average molecular weight is 330 g/mol. The number of nitrogens with zero attached hydrogens (tertiary/aromatic N) is 2. The van der Waals surface area contributed by atoms with Crippen molar-refractivity contribution in [1.82, 2.24) is 15.5 Å². The van der Waals surface area contributed by atoms with E-state index in [9.17, 15) is 0 Å². The standard InChI is InChI=1S/C19H30N4O/c1-14-6-7-16(15(2)9-14)10-21-19(20-3)22-11-18-12-23-8-4-5-17(23)13-24-18/h6-7,9,17-18H,4-5,8,10-13H2,1-3H3,(H2,20,21,22). The van der Waals surface area contributed by atoms with Crippen LogP contribution in [0.2, 0.25) is 0 Å². The van der Waals surface area contributed by atoms with Crippen molar-refractivity contribution in [3.05, 3.63) is 34.9 Å². The quantitative estimate of drug-likeness (QED) is 0.653. The Morgan fingerprint density at radius 1 is 1.33 bits per heavy atom. The van der Waals surface area contributed by atoms with E-state index in [0.29, 0.717) is 6.04 Å². The number of benzene rings is 1. The molecule has 0 saturated carbocycles. The van der Waals surface area contributed by atoms with Crippen LogP contribution in [0.1, 0.15) is 29.5 Å². The molecule has 5 nitrogen and oxygen atoms in total. The molecule has 132 valence electrons. The second-order valence-corrected chi connectivity index (χ2v) is 6.98. The summed E-state index contributed by atoms with van der Waals surface area (Å²) in [6.07, 6.45) is 2.85. The van der Waals surface area contributed by atoms with E-state index in [2.05, 4.69) is 52.6 Å². The summed E-state index contributed by atoms with van der Waals surface area (Å²) in [6.45, 7) is 9.00. The van der Waals surface area contributed by atoms with Gasteiger partial charge in [-0.25, -0.2) is 0 Å².